The summed E-state index contributed by atoms with van der Waals surface area (Å²) in [4.78, 5) is 14.0. The number of hydrogen-bond acceptors (Lipinski definition) is 4. The van der Waals surface area contributed by atoms with Gasteiger partial charge in [-0.05, 0) is 22.9 Å². The number of carbonyl (C=O) groups is 1. The van der Waals surface area contributed by atoms with Crippen molar-refractivity contribution in [1.82, 2.24) is 0 Å². The monoisotopic (exact) mass is 273 g/mol. The Balaban J connectivity index is 2.13. The average molecular weight is 273 g/mol. The van der Waals surface area contributed by atoms with E-state index in [0.717, 1.165) is 9.75 Å². The Kier molecular flexibility index (Phi) is 2.81. The molecule has 18 heavy (non-hydrogen) atoms. The molecule has 0 saturated heterocycles. The van der Waals surface area contributed by atoms with E-state index in [0.29, 0.717) is 12.8 Å². The lowest BCUT2D eigenvalue weighted by atomic mass is 9.77. The Morgan fingerprint density at radius 1 is 1.28 bits per heavy atom. The third kappa shape index (κ3) is 1.63. The summed E-state index contributed by atoms with van der Waals surface area (Å²) in [6, 6.07) is 10.4. The molecular weight excluding hydrogens is 262 g/mol. The SMILES string of the molecule is N#CC1(c2cccs2)CC(=O)CC1c1cccs1. The maximum Gasteiger partial charge on any atom is 0.135 e. The van der Waals surface area contributed by atoms with E-state index in [1.807, 2.05) is 35.0 Å². The van der Waals surface area contributed by atoms with Crippen LogP contribution in [-0.4, -0.2) is 5.78 Å². The van der Waals surface area contributed by atoms with Gasteiger partial charge in [-0.25, -0.2) is 0 Å². The molecule has 2 aromatic rings. The van der Waals surface area contributed by atoms with Gasteiger partial charge < -0.3 is 0 Å². The molecule has 4 heteroatoms. The van der Waals surface area contributed by atoms with E-state index in [1.54, 1.807) is 22.7 Å². The lowest BCUT2D eigenvalue weighted by molar-refractivity contribution is -0.117. The van der Waals surface area contributed by atoms with E-state index < -0.39 is 5.41 Å². The summed E-state index contributed by atoms with van der Waals surface area (Å²) in [5, 5.41) is 13.7. The van der Waals surface area contributed by atoms with Gasteiger partial charge in [0.2, 0.25) is 0 Å². The van der Waals surface area contributed by atoms with Crippen LogP contribution >= 0.6 is 22.7 Å². The van der Waals surface area contributed by atoms with Crippen molar-refractivity contribution in [2.45, 2.75) is 24.2 Å². The Hall–Kier alpha value is -1.44. The highest BCUT2D eigenvalue weighted by Crippen LogP contribution is 2.51. The predicted octanol–water partition coefficient (Wildman–Crippen LogP) is 3.72. The lowest BCUT2D eigenvalue weighted by Gasteiger charge is -2.25. The molecular formula is C14H11NOS2. The van der Waals surface area contributed by atoms with Gasteiger partial charge in [0.05, 0.1) is 6.07 Å². The third-order valence-corrected chi connectivity index (χ3v) is 5.58. The summed E-state index contributed by atoms with van der Waals surface area (Å²) in [6.07, 6.45) is 0.846. The zero-order valence-corrected chi connectivity index (χ0v) is 11.3. The highest BCUT2D eigenvalue weighted by atomic mass is 32.1. The Morgan fingerprint density at radius 2 is 2.06 bits per heavy atom. The number of ketones is 1. The van der Waals surface area contributed by atoms with Crippen molar-refractivity contribution < 1.29 is 4.79 Å². The number of carbonyl (C=O) groups excluding carboxylic acids is 1. The van der Waals surface area contributed by atoms with E-state index >= 15 is 0 Å². The fraction of sp³-hybridized carbons (Fsp3) is 0.286. The predicted molar refractivity (Wildman–Crippen MR) is 72.9 cm³/mol. The Labute approximate surface area is 114 Å². The molecule has 1 aliphatic carbocycles. The molecule has 0 spiro atoms. The second-order valence-electron chi connectivity index (χ2n) is 4.55. The Morgan fingerprint density at radius 3 is 2.67 bits per heavy atom. The van der Waals surface area contributed by atoms with Crippen LogP contribution in [0.1, 0.15) is 28.5 Å². The first-order chi connectivity index (χ1) is 8.76. The summed E-state index contributed by atoms with van der Waals surface area (Å²) in [5.74, 6) is 0.219. The van der Waals surface area contributed by atoms with Crippen molar-refractivity contribution in [2.24, 2.45) is 0 Å². The molecule has 2 heterocycles. The zero-order valence-electron chi connectivity index (χ0n) is 9.63. The van der Waals surface area contributed by atoms with Crippen molar-refractivity contribution in [2.75, 3.05) is 0 Å². The van der Waals surface area contributed by atoms with Crippen LogP contribution in [0.4, 0.5) is 0 Å². The molecule has 0 aromatic carbocycles. The topological polar surface area (TPSA) is 40.9 Å². The van der Waals surface area contributed by atoms with Crippen molar-refractivity contribution in [3.63, 3.8) is 0 Å². The summed E-state index contributed by atoms with van der Waals surface area (Å²) < 4.78 is 0. The normalized spacial score (nSPS) is 27.3. The number of hydrogen-bond donors (Lipinski definition) is 0. The molecule has 0 aliphatic heterocycles. The van der Waals surface area contributed by atoms with Crippen LogP contribution in [0.25, 0.3) is 0 Å². The first kappa shape index (κ1) is 11.6. The molecule has 90 valence electrons. The van der Waals surface area contributed by atoms with Crippen molar-refractivity contribution in [3.8, 4) is 6.07 Å². The van der Waals surface area contributed by atoms with Crippen molar-refractivity contribution in [1.29, 1.82) is 5.26 Å². The molecule has 3 rings (SSSR count). The molecule has 2 atom stereocenters. The second kappa shape index (κ2) is 4.34. The minimum absolute atomic E-state index is 0.0219. The molecule has 0 radical (unpaired) electrons. The number of nitriles is 1. The molecule has 0 amide bonds. The van der Waals surface area contributed by atoms with Crippen molar-refractivity contribution in [3.05, 3.63) is 44.8 Å². The maximum atomic E-state index is 11.9. The molecule has 1 fully saturated rings. The Bertz CT molecular complexity index is 594. The van der Waals surface area contributed by atoms with E-state index in [-0.39, 0.29) is 11.7 Å². The molecule has 2 nitrogen and oxygen atoms in total. The van der Waals surface area contributed by atoms with Crippen molar-refractivity contribution >= 4 is 28.5 Å². The summed E-state index contributed by atoms with van der Waals surface area (Å²) in [7, 11) is 0. The van der Waals surface area contributed by atoms with E-state index in [9.17, 15) is 10.1 Å². The largest absolute Gasteiger partial charge is 0.300 e. The van der Waals surface area contributed by atoms with Gasteiger partial charge in [0.1, 0.15) is 11.2 Å². The molecule has 1 aliphatic rings. The standard InChI is InChI=1S/C14H11NOS2/c15-9-14(13-4-2-6-18-13)8-10(16)7-11(14)12-3-1-5-17-12/h1-6,11H,7-8H2. The number of Topliss-reactive ketones (excluding diaryl/α,β-unsaturated/α-hetero) is 1. The van der Waals surface area contributed by atoms with Gasteiger partial charge in [-0.2, -0.15) is 5.26 Å². The quantitative estimate of drug-likeness (QED) is 0.836. The summed E-state index contributed by atoms with van der Waals surface area (Å²) in [6.45, 7) is 0. The molecule has 1 saturated carbocycles. The minimum Gasteiger partial charge on any atom is -0.300 e. The lowest BCUT2D eigenvalue weighted by Crippen LogP contribution is -2.25. The highest BCUT2D eigenvalue weighted by molar-refractivity contribution is 7.10. The molecule has 2 unspecified atom stereocenters. The fourth-order valence-electron chi connectivity index (χ4n) is 2.71. The zero-order chi connectivity index (χ0) is 12.6. The van der Waals surface area contributed by atoms with Gasteiger partial charge in [-0.1, -0.05) is 12.1 Å². The van der Waals surface area contributed by atoms with Gasteiger partial charge >= 0.3 is 0 Å². The van der Waals surface area contributed by atoms with E-state index in [1.165, 1.54) is 0 Å². The van der Waals surface area contributed by atoms with E-state index in [2.05, 4.69) is 6.07 Å². The van der Waals surface area contributed by atoms with E-state index in [4.69, 9.17) is 0 Å². The number of thiophene rings is 2. The minimum atomic E-state index is -0.643. The molecule has 2 aromatic heterocycles. The van der Waals surface area contributed by atoms with Crippen LogP contribution < -0.4 is 0 Å². The summed E-state index contributed by atoms with van der Waals surface area (Å²) in [5.41, 5.74) is -0.643. The fourth-order valence-corrected chi connectivity index (χ4v) is 4.56. The van der Waals surface area contributed by atoms with Crippen LogP contribution in [0.5, 0.6) is 0 Å². The van der Waals surface area contributed by atoms with Gasteiger partial charge in [-0.15, -0.1) is 22.7 Å². The third-order valence-electron chi connectivity index (χ3n) is 3.55. The van der Waals surface area contributed by atoms with Gasteiger partial charge in [0.15, 0.2) is 0 Å². The van der Waals surface area contributed by atoms with Gasteiger partial charge in [0, 0.05) is 28.5 Å². The first-order valence-corrected chi connectivity index (χ1v) is 7.52. The second-order valence-corrected chi connectivity index (χ2v) is 6.48. The van der Waals surface area contributed by atoms with Crippen LogP contribution in [0.15, 0.2) is 35.0 Å². The van der Waals surface area contributed by atoms with Crippen LogP contribution in [0.2, 0.25) is 0 Å². The first-order valence-electron chi connectivity index (χ1n) is 5.76. The van der Waals surface area contributed by atoms with Gasteiger partial charge in [0.25, 0.3) is 0 Å². The summed E-state index contributed by atoms with van der Waals surface area (Å²) >= 11 is 3.22. The maximum absolute atomic E-state index is 11.9. The highest BCUT2D eigenvalue weighted by Gasteiger charge is 2.50. The average Bonchev–Trinajstić information content (AvgIpc) is 3.09. The molecule has 0 bridgehead atoms. The van der Waals surface area contributed by atoms with Crippen LogP contribution in [0, 0.1) is 11.3 Å². The van der Waals surface area contributed by atoms with Gasteiger partial charge in [-0.3, -0.25) is 4.79 Å². The van der Waals surface area contributed by atoms with Crippen LogP contribution in [-0.2, 0) is 10.2 Å². The van der Waals surface area contributed by atoms with Crippen LogP contribution in [0.3, 0.4) is 0 Å². The smallest absolute Gasteiger partial charge is 0.135 e. The number of rotatable bonds is 2. The number of nitrogens with zero attached hydrogens (tertiary/aromatic N) is 1. The molecule has 0 N–H and O–H groups in total.